The second-order valence-electron chi connectivity index (χ2n) is 7.52. The second kappa shape index (κ2) is 10.3. The number of aliphatic carboxylic acids is 1. The quantitative estimate of drug-likeness (QED) is 0.531. The summed E-state index contributed by atoms with van der Waals surface area (Å²) in [6, 6.07) is 6.77. The van der Waals surface area contributed by atoms with Gasteiger partial charge in [0.2, 0.25) is 6.79 Å². The molecule has 0 amide bonds. The van der Waals surface area contributed by atoms with Crippen molar-refractivity contribution in [2.45, 2.75) is 50.2 Å². The van der Waals surface area contributed by atoms with Crippen molar-refractivity contribution in [3.63, 3.8) is 0 Å². The zero-order valence-corrected chi connectivity index (χ0v) is 17.0. The summed E-state index contributed by atoms with van der Waals surface area (Å²) >= 11 is 0. The summed E-state index contributed by atoms with van der Waals surface area (Å²) in [4.78, 5) is 11.4. The molecule has 0 aromatic heterocycles. The monoisotopic (exact) mass is 445 g/mol. The Hall–Kier alpha value is -2.30. The minimum absolute atomic E-state index is 0.233. The molecule has 0 unspecified atom stereocenters. The number of carbonyl (C=O) groups is 1. The summed E-state index contributed by atoms with van der Waals surface area (Å²) in [6.45, 7) is 7.32. The molecule has 1 N–H and O–H groups in total. The van der Waals surface area contributed by atoms with E-state index < -0.39 is 12.1 Å². The molecule has 0 spiro atoms. The van der Waals surface area contributed by atoms with Gasteiger partial charge in [0, 0.05) is 19.1 Å². The highest BCUT2D eigenvalue weighted by Crippen LogP contribution is 2.35. The van der Waals surface area contributed by atoms with Crippen LogP contribution in [-0.4, -0.2) is 67.0 Å². The van der Waals surface area contributed by atoms with Gasteiger partial charge in [-0.2, -0.15) is 13.2 Å². The molecule has 2 saturated heterocycles. The van der Waals surface area contributed by atoms with Gasteiger partial charge in [0.15, 0.2) is 11.5 Å². The van der Waals surface area contributed by atoms with E-state index in [0.29, 0.717) is 32.2 Å². The van der Waals surface area contributed by atoms with Gasteiger partial charge in [-0.3, -0.25) is 4.90 Å². The van der Waals surface area contributed by atoms with E-state index >= 15 is 0 Å². The van der Waals surface area contributed by atoms with E-state index in [9.17, 15) is 13.2 Å². The van der Waals surface area contributed by atoms with E-state index in [2.05, 4.69) is 23.6 Å². The van der Waals surface area contributed by atoms with Gasteiger partial charge in [0.1, 0.15) is 0 Å². The third-order valence-electron chi connectivity index (χ3n) is 5.36. The Morgan fingerprint density at radius 2 is 2.00 bits per heavy atom. The van der Waals surface area contributed by atoms with Gasteiger partial charge in [0.05, 0.1) is 25.4 Å². The second-order valence-corrected chi connectivity index (χ2v) is 7.52. The smallest absolute Gasteiger partial charge is 0.475 e. The average Bonchev–Trinajstić information content (AvgIpc) is 3.34. The van der Waals surface area contributed by atoms with Crippen LogP contribution in [0.15, 0.2) is 30.9 Å². The molecule has 2 fully saturated rings. The molecule has 1 aromatic carbocycles. The van der Waals surface area contributed by atoms with Crippen molar-refractivity contribution in [2.24, 2.45) is 0 Å². The summed E-state index contributed by atoms with van der Waals surface area (Å²) in [7, 11) is 0. The average molecular weight is 445 g/mol. The standard InChI is InChI=1S/C19H25NO4.C2HF3O2/c1-2-9-21-12-15-4-5-16-17(24-15)7-8-20(16)11-14-3-6-18-19(10-14)23-13-22-18;3-2(4,5)1(6)7/h2-3,6,10,15-17H,1,4-5,7-9,11-13H2;(H,6,7)/t15-,16+,17+;/m1./s1. The van der Waals surface area contributed by atoms with Gasteiger partial charge in [0.25, 0.3) is 0 Å². The van der Waals surface area contributed by atoms with Crippen LogP contribution in [0, 0.1) is 0 Å². The van der Waals surface area contributed by atoms with Crippen LogP contribution in [0.3, 0.4) is 0 Å². The van der Waals surface area contributed by atoms with Crippen molar-refractivity contribution in [1.82, 2.24) is 4.90 Å². The number of carboxylic acid groups (broad SMARTS) is 1. The molecule has 10 heteroatoms. The minimum Gasteiger partial charge on any atom is -0.475 e. The molecular formula is C21H26F3NO6. The topological polar surface area (TPSA) is 77.5 Å². The van der Waals surface area contributed by atoms with Crippen molar-refractivity contribution in [1.29, 1.82) is 0 Å². The Labute approximate surface area is 178 Å². The maximum absolute atomic E-state index is 10.6. The normalized spacial score (nSPS) is 24.8. The number of hydrogen-bond acceptors (Lipinski definition) is 6. The fourth-order valence-electron chi connectivity index (χ4n) is 3.96. The number of halogens is 3. The Morgan fingerprint density at radius 3 is 2.71 bits per heavy atom. The first-order chi connectivity index (χ1) is 14.8. The molecule has 172 valence electrons. The largest absolute Gasteiger partial charge is 0.490 e. The molecule has 3 heterocycles. The highest BCUT2D eigenvalue weighted by atomic mass is 19.4. The summed E-state index contributed by atoms with van der Waals surface area (Å²) in [5, 5.41) is 7.12. The third-order valence-corrected chi connectivity index (χ3v) is 5.36. The van der Waals surface area contributed by atoms with E-state index in [0.717, 1.165) is 37.4 Å². The van der Waals surface area contributed by atoms with E-state index in [1.807, 2.05) is 6.07 Å². The van der Waals surface area contributed by atoms with Crippen LogP contribution in [0.5, 0.6) is 11.5 Å². The Bertz CT molecular complexity index is 772. The fourth-order valence-corrected chi connectivity index (χ4v) is 3.96. The summed E-state index contributed by atoms with van der Waals surface area (Å²) in [5.41, 5.74) is 1.27. The number of carboxylic acids is 1. The first kappa shape index (κ1) is 23.4. The van der Waals surface area contributed by atoms with Gasteiger partial charge < -0.3 is 24.1 Å². The number of likely N-dealkylation sites (tertiary alicyclic amines) is 1. The Morgan fingerprint density at radius 1 is 1.26 bits per heavy atom. The van der Waals surface area contributed by atoms with E-state index in [-0.39, 0.29) is 6.10 Å². The van der Waals surface area contributed by atoms with E-state index in [1.54, 1.807) is 6.08 Å². The lowest BCUT2D eigenvalue weighted by Crippen LogP contribution is -2.43. The molecule has 3 aliphatic rings. The lowest BCUT2D eigenvalue weighted by molar-refractivity contribution is -0.192. The predicted molar refractivity (Wildman–Crippen MR) is 104 cm³/mol. The molecule has 0 saturated carbocycles. The number of benzene rings is 1. The summed E-state index contributed by atoms with van der Waals surface area (Å²) in [6.07, 6.45) is 0.621. The molecule has 4 rings (SSSR count). The number of rotatable bonds is 6. The minimum atomic E-state index is -5.08. The molecule has 3 atom stereocenters. The van der Waals surface area contributed by atoms with Crippen LogP contribution < -0.4 is 9.47 Å². The highest BCUT2D eigenvalue weighted by molar-refractivity contribution is 5.73. The van der Waals surface area contributed by atoms with Gasteiger partial charge >= 0.3 is 12.1 Å². The number of nitrogens with zero attached hydrogens (tertiary/aromatic N) is 1. The van der Waals surface area contributed by atoms with Crippen LogP contribution in [0.1, 0.15) is 24.8 Å². The number of alkyl halides is 3. The van der Waals surface area contributed by atoms with Crippen LogP contribution in [-0.2, 0) is 20.8 Å². The molecule has 1 aromatic rings. The van der Waals surface area contributed by atoms with Gasteiger partial charge in [-0.25, -0.2) is 4.79 Å². The lowest BCUT2D eigenvalue weighted by Gasteiger charge is -2.36. The van der Waals surface area contributed by atoms with Crippen molar-refractivity contribution in [2.75, 3.05) is 26.6 Å². The molecule has 3 aliphatic heterocycles. The fraction of sp³-hybridized carbons (Fsp3) is 0.571. The molecule has 31 heavy (non-hydrogen) atoms. The van der Waals surface area contributed by atoms with E-state index in [4.69, 9.17) is 28.8 Å². The summed E-state index contributed by atoms with van der Waals surface area (Å²) < 4.78 is 54.4. The third kappa shape index (κ3) is 6.34. The molecule has 7 nitrogen and oxygen atoms in total. The molecule has 0 aliphatic carbocycles. The van der Waals surface area contributed by atoms with Gasteiger partial charge in [-0.15, -0.1) is 6.58 Å². The van der Waals surface area contributed by atoms with Crippen LogP contribution >= 0.6 is 0 Å². The lowest BCUT2D eigenvalue weighted by atomic mass is 9.99. The molecule has 0 bridgehead atoms. The first-order valence-corrected chi connectivity index (χ1v) is 10.0. The van der Waals surface area contributed by atoms with Crippen molar-refractivity contribution in [3.05, 3.63) is 36.4 Å². The summed E-state index contributed by atoms with van der Waals surface area (Å²) in [5.74, 6) is -1.04. The predicted octanol–water partition coefficient (Wildman–Crippen LogP) is 3.37. The SMILES string of the molecule is C=CCOC[C@H]1CC[C@H]2[C@H](CCN2Cc2ccc3c(c2)OCO3)O1.O=C(O)C(F)(F)F. The van der Waals surface area contributed by atoms with Crippen LogP contribution in [0.25, 0.3) is 0 Å². The molecular weight excluding hydrogens is 419 g/mol. The first-order valence-electron chi connectivity index (χ1n) is 10.0. The number of hydrogen-bond donors (Lipinski definition) is 1. The number of fused-ring (bicyclic) bond motifs is 2. The maximum atomic E-state index is 10.6. The number of ether oxygens (including phenoxy) is 4. The van der Waals surface area contributed by atoms with Gasteiger partial charge in [-0.1, -0.05) is 12.1 Å². The van der Waals surface area contributed by atoms with Crippen molar-refractivity contribution < 1.29 is 42.0 Å². The van der Waals surface area contributed by atoms with Crippen molar-refractivity contribution in [3.8, 4) is 11.5 Å². The molecule has 0 radical (unpaired) electrons. The van der Waals surface area contributed by atoms with Crippen LogP contribution in [0.2, 0.25) is 0 Å². The Kier molecular flexibility index (Phi) is 7.79. The van der Waals surface area contributed by atoms with Gasteiger partial charge in [-0.05, 0) is 37.0 Å². The zero-order chi connectivity index (χ0) is 22.4. The highest BCUT2D eigenvalue weighted by Gasteiger charge is 2.40. The Balaban J connectivity index is 0.000000339. The maximum Gasteiger partial charge on any atom is 0.490 e. The van der Waals surface area contributed by atoms with E-state index in [1.165, 1.54) is 12.0 Å². The zero-order valence-electron chi connectivity index (χ0n) is 17.0. The van der Waals surface area contributed by atoms with Crippen LogP contribution in [0.4, 0.5) is 13.2 Å². The van der Waals surface area contributed by atoms with Crippen molar-refractivity contribution >= 4 is 5.97 Å².